The highest BCUT2D eigenvalue weighted by Crippen LogP contribution is 2.24. The average Bonchev–Trinajstić information content (AvgIpc) is 2.69. The number of benzene rings is 2. The monoisotopic (exact) mass is 355 g/mol. The predicted octanol–water partition coefficient (Wildman–Crippen LogP) is 3.18. The molecule has 0 unspecified atom stereocenters. The number of nitrogens with zero attached hydrogens (tertiary/aromatic N) is 3. The Hall–Kier alpha value is -2.41. The summed E-state index contributed by atoms with van der Waals surface area (Å²) in [7, 11) is 0. The number of azide groups is 1. The predicted molar refractivity (Wildman–Crippen MR) is 94.9 cm³/mol. The number of rotatable bonds is 7. The third-order valence-electron chi connectivity index (χ3n) is 4.18. The van der Waals surface area contributed by atoms with Gasteiger partial charge in [-0.1, -0.05) is 65.8 Å². The molecule has 0 saturated carbocycles. The molecule has 0 radical (unpaired) electrons. The first-order valence-electron chi connectivity index (χ1n) is 8.43. The molecule has 1 fully saturated rings. The Morgan fingerprint density at radius 1 is 1.00 bits per heavy atom. The van der Waals surface area contributed by atoms with E-state index in [0.717, 1.165) is 11.1 Å². The molecule has 2 aromatic rings. The van der Waals surface area contributed by atoms with Crippen molar-refractivity contribution in [2.45, 2.75) is 37.8 Å². The molecule has 2 aromatic carbocycles. The van der Waals surface area contributed by atoms with E-state index >= 15 is 0 Å². The van der Waals surface area contributed by atoms with Crippen molar-refractivity contribution in [1.82, 2.24) is 0 Å². The smallest absolute Gasteiger partial charge is 0.165 e. The van der Waals surface area contributed by atoms with Gasteiger partial charge in [0.05, 0.1) is 19.8 Å². The van der Waals surface area contributed by atoms with Gasteiger partial charge in [-0.25, -0.2) is 0 Å². The first-order valence-corrected chi connectivity index (χ1v) is 8.43. The molecule has 3 rings (SSSR count). The van der Waals surface area contributed by atoms with Crippen LogP contribution in [0.25, 0.3) is 10.4 Å². The summed E-state index contributed by atoms with van der Waals surface area (Å²) in [5.41, 5.74) is 10.6. The molecular weight excluding hydrogens is 334 g/mol. The second-order valence-corrected chi connectivity index (χ2v) is 6.02. The number of aliphatic hydroxyl groups excluding tert-OH is 1. The second-order valence-electron chi connectivity index (χ2n) is 6.02. The van der Waals surface area contributed by atoms with Gasteiger partial charge < -0.3 is 19.3 Å². The van der Waals surface area contributed by atoms with Gasteiger partial charge in [0.15, 0.2) is 6.23 Å². The van der Waals surface area contributed by atoms with Crippen LogP contribution in [-0.4, -0.2) is 36.3 Å². The topological polar surface area (TPSA) is 96.7 Å². The molecule has 136 valence electrons. The molecule has 1 saturated heterocycles. The Balaban J connectivity index is 1.67. The van der Waals surface area contributed by atoms with E-state index in [9.17, 15) is 5.11 Å². The molecule has 1 aliphatic heterocycles. The summed E-state index contributed by atoms with van der Waals surface area (Å²) >= 11 is 0. The van der Waals surface area contributed by atoms with Crippen LogP contribution in [-0.2, 0) is 27.4 Å². The molecule has 0 aliphatic carbocycles. The largest absolute Gasteiger partial charge is 0.387 e. The molecule has 4 atom stereocenters. The van der Waals surface area contributed by atoms with E-state index in [2.05, 4.69) is 10.0 Å². The zero-order valence-electron chi connectivity index (χ0n) is 14.2. The summed E-state index contributed by atoms with van der Waals surface area (Å²) in [6.07, 6.45) is -3.23. The fraction of sp³-hybridized carbons (Fsp3) is 0.368. The molecule has 1 aliphatic rings. The Kier molecular flexibility index (Phi) is 6.60. The van der Waals surface area contributed by atoms with Crippen LogP contribution >= 0.6 is 0 Å². The van der Waals surface area contributed by atoms with Crippen LogP contribution in [0.4, 0.5) is 0 Å². The van der Waals surface area contributed by atoms with E-state index in [1.165, 1.54) is 0 Å². The summed E-state index contributed by atoms with van der Waals surface area (Å²) in [5, 5.41) is 14.0. The molecule has 1 N–H and O–H groups in total. The fourth-order valence-corrected chi connectivity index (χ4v) is 2.81. The van der Waals surface area contributed by atoms with E-state index < -0.39 is 24.5 Å². The maximum atomic E-state index is 10.5. The highest BCUT2D eigenvalue weighted by Gasteiger charge is 2.40. The standard InChI is InChI=1S/C19H21N3O4/c20-22-21-19-17(23)18(25-12-15-9-5-2-6-10-15)16(13-26-19)24-11-14-7-3-1-4-8-14/h1-10,16-19,23H,11-13H2/t16-,17+,18-,19-/m0/s1. The van der Waals surface area contributed by atoms with Crippen molar-refractivity contribution < 1.29 is 19.3 Å². The van der Waals surface area contributed by atoms with Crippen molar-refractivity contribution in [3.8, 4) is 0 Å². The maximum Gasteiger partial charge on any atom is 0.165 e. The normalized spacial score (nSPS) is 25.4. The lowest BCUT2D eigenvalue weighted by atomic mass is 10.0. The first-order chi connectivity index (χ1) is 12.8. The molecule has 0 amide bonds. The van der Waals surface area contributed by atoms with E-state index in [1.807, 2.05) is 60.7 Å². The maximum absolute atomic E-state index is 10.5. The zero-order chi connectivity index (χ0) is 18.2. The van der Waals surface area contributed by atoms with E-state index in [-0.39, 0.29) is 6.61 Å². The zero-order valence-corrected chi connectivity index (χ0v) is 14.2. The lowest BCUT2D eigenvalue weighted by Gasteiger charge is -2.38. The van der Waals surface area contributed by atoms with Crippen molar-refractivity contribution in [2.24, 2.45) is 5.11 Å². The minimum absolute atomic E-state index is 0.174. The minimum Gasteiger partial charge on any atom is -0.387 e. The Labute approximate surface area is 151 Å². The van der Waals surface area contributed by atoms with Crippen LogP contribution in [0.15, 0.2) is 65.8 Å². The summed E-state index contributed by atoms with van der Waals surface area (Å²) in [6, 6.07) is 19.4. The fourth-order valence-electron chi connectivity index (χ4n) is 2.81. The number of hydrogen-bond acceptors (Lipinski definition) is 5. The van der Waals surface area contributed by atoms with Crippen molar-refractivity contribution in [1.29, 1.82) is 0 Å². The van der Waals surface area contributed by atoms with Crippen LogP contribution in [0.5, 0.6) is 0 Å². The number of hydrogen-bond donors (Lipinski definition) is 1. The lowest BCUT2D eigenvalue weighted by Crippen LogP contribution is -2.54. The molecule has 26 heavy (non-hydrogen) atoms. The van der Waals surface area contributed by atoms with Gasteiger partial charge in [0.25, 0.3) is 0 Å². The van der Waals surface area contributed by atoms with Crippen LogP contribution in [0.3, 0.4) is 0 Å². The third-order valence-corrected chi connectivity index (χ3v) is 4.18. The number of ether oxygens (including phenoxy) is 3. The van der Waals surface area contributed by atoms with Gasteiger partial charge in [-0.3, -0.25) is 0 Å². The SMILES string of the molecule is [N-]=[N+]=N[C@H]1OC[C@H](OCc2ccccc2)[C@H](OCc2ccccc2)[C@H]1O. The number of aliphatic hydroxyl groups is 1. The van der Waals surface area contributed by atoms with Gasteiger partial charge in [-0.05, 0) is 16.7 Å². The molecule has 1 heterocycles. The highest BCUT2D eigenvalue weighted by molar-refractivity contribution is 5.14. The van der Waals surface area contributed by atoms with E-state index in [1.54, 1.807) is 0 Å². The molecular formula is C19H21N3O4. The summed E-state index contributed by atoms with van der Waals surface area (Å²) < 4.78 is 17.3. The second kappa shape index (κ2) is 9.33. The van der Waals surface area contributed by atoms with Crippen molar-refractivity contribution >= 4 is 0 Å². The Morgan fingerprint density at radius 3 is 2.15 bits per heavy atom. The van der Waals surface area contributed by atoms with E-state index in [0.29, 0.717) is 13.2 Å². The van der Waals surface area contributed by atoms with Gasteiger partial charge in [-0.2, -0.15) is 0 Å². The van der Waals surface area contributed by atoms with Crippen molar-refractivity contribution in [2.75, 3.05) is 6.61 Å². The molecule has 0 aromatic heterocycles. The first kappa shape index (κ1) is 18.4. The highest BCUT2D eigenvalue weighted by atomic mass is 16.6. The van der Waals surface area contributed by atoms with Gasteiger partial charge in [-0.15, -0.1) is 0 Å². The average molecular weight is 355 g/mol. The van der Waals surface area contributed by atoms with Crippen LogP contribution in [0.2, 0.25) is 0 Å². The summed E-state index contributed by atoms with van der Waals surface area (Å²) in [5.74, 6) is 0. The lowest BCUT2D eigenvalue weighted by molar-refractivity contribution is -0.221. The van der Waals surface area contributed by atoms with Crippen LogP contribution in [0.1, 0.15) is 11.1 Å². The summed E-state index contributed by atoms with van der Waals surface area (Å²) in [4.78, 5) is 2.72. The van der Waals surface area contributed by atoms with Crippen molar-refractivity contribution in [3.05, 3.63) is 82.2 Å². The molecule has 0 bridgehead atoms. The van der Waals surface area contributed by atoms with Gasteiger partial charge in [0.1, 0.15) is 18.3 Å². The quantitative estimate of drug-likeness (QED) is 0.468. The van der Waals surface area contributed by atoms with Crippen LogP contribution in [0, 0.1) is 0 Å². The van der Waals surface area contributed by atoms with Gasteiger partial charge in [0, 0.05) is 4.91 Å². The third kappa shape index (κ3) is 4.82. The van der Waals surface area contributed by atoms with Gasteiger partial charge >= 0.3 is 0 Å². The Bertz CT molecular complexity index is 722. The minimum atomic E-state index is -1.11. The summed E-state index contributed by atoms with van der Waals surface area (Å²) in [6.45, 7) is 0.864. The van der Waals surface area contributed by atoms with Crippen LogP contribution < -0.4 is 0 Å². The molecule has 0 spiro atoms. The Morgan fingerprint density at radius 2 is 1.58 bits per heavy atom. The molecule has 7 heteroatoms. The van der Waals surface area contributed by atoms with Crippen molar-refractivity contribution in [3.63, 3.8) is 0 Å². The van der Waals surface area contributed by atoms with E-state index in [4.69, 9.17) is 19.7 Å². The molecule has 7 nitrogen and oxygen atoms in total. The van der Waals surface area contributed by atoms with Gasteiger partial charge in [0.2, 0.25) is 0 Å².